The number of carbonyl (C=O) groups is 1. The fourth-order valence-corrected chi connectivity index (χ4v) is 0.511. The molecule has 0 aromatic rings. The van der Waals surface area contributed by atoms with E-state index >= 15 is 0 Å². The molecule has 1 N–H and O–H groups in total. The molecule has 0 radical (unpaired) electrons. The number of hydrogen-bond donors (Lipinski definition) is 1. The molecule has 0 amide bonds. The second-order valence-corrected chi connectivity index (χ2v) is 1.82. The molecule has 0 rings (SSSR count). The van der Waals surface area contributed by atoms with Crippen LogP contribution in [0.4, 0.5) is 0 Å². The molecule has 0 heterocycles. The van der Waals surface area contributed by atoms with E-state index in [0.717, 1.165) is 0 Å². The highest BCUT2D eigenvalue weighted by Gasteiger charge is 2.00. The minimum Gasteiger partial charge on any atom is -0.469 e. The Morgan fingerprint density at radius 3 is 2.70 bits per heavy atom. The largest absolute Gasteiger partial charge is 0.469 e. The van der Waals surface area contributed by atoms with E-state index < -0.39 is 0 Å². The van der Waals surface area contributed by atoms with Crippen molar-refractivity contribution in [3.8, 4) is 0 Å². The van der Waals surface area contributed by atoms with E-state index in [4.69, 9.17) is 0 Å². The molecule has 0 aliphatic rings. The van der Waals surface area contributed by atoms with Gasteiger partial charge in [-0.2, -0.15) is 5.10 Å². The predicted molar refractivity (Wildman–Crippen MR) is 38.8 cm³/mol. The van der Waals surface area contributed by atoms with Crippen molar-refractivity contribution in [1.29, 1.82) is 0 Å². The number of nitrogens with one attached hydrogen (secondary N) is 1. The van der Waals surface area contributed by atoms with Crippen LogP contribution in [0.2, 0.25) is 0 Å². The topological polar surface area (TPSA) is 50.7 Å². The summed E-state index contributed by atoms with van der Waals surface area (Å²) in [6.07, 6.45) is 0.247. The van der Waals surface area contributed by atoms with Crippen LogP contribution in [0.15, 0.2) is 5.10 Å². The van der Waals surface area contributed by atoms with Crippen molar-refractivity contribution in [1.82, 2.24) is 5.43 Å². The molecular formula is C6H12N2O2. The molecule has 4 heteroatoms. The van der Waals surface area contributed by atoms with Gasteiger partial charge in [0.1, 0.15) is 0 Å². The lowest BCUT2D eigenvalue weighted by Crippen LogP contribution is -2.09. The van der Waals surface area contributed by atoms with Crippen LogP contribution in [0.3, 0.4) is 0 Å². The van der Waals surface area contributed by atoms with E-state index in [1.54, 1.807) is 14.0 Å². The van der Waals surface area contributed by atoms with Gasteiger partial charge in [-0.1, -0.05) is 0 Å². The van der Waals surface area contributed by atoms with Gasteiger partial charge >= 0.3 is 5.97 Å². The van der Waals surface area contributed by atoms with Gasteiger partial charge in [0.25, 0.3) is 0 Å². The molecule has 0 fully saturated rings. The summed E-state index contributed by atoms with van der Waals surface area (Å²) < 4.78 is 4.42. The van der Waals surface area contributed by atoms with Crippen molar-refractivity contribution in [2.45, 2.75) is 13.3 Å². The van der Waals surface area contributed by atoms with Crippen molar-refractivity contribution in [3.05, 3.63) is 0 Å². The standard InChI is InChI=1S/C6H12N2O2/c1-5(8-7-2)4-6(9)10-3/h7H,4H2,1-3H3/b8-5-. The van der Waals surface area contributed by atoms with E-state index in [-0.39, 0.29) is 12.4 Å². The molecule has 0 atom stereocenters. The quantitative estimate of drug-likeness (QED) is 0.348. The van der Waals surface area contributed by atoms with Crippen molar-refractivity contribution in [3.63, 3.8) is 0 Å². The van der Waals surface area contributed by atoms with E-state index in [1.807, 2.05) is 0 Å². The van der Waals surface area contributed by atoms with E-state index in [9.17, 15) is 4.79 Å². The summed E-state index contributed by atoms with van der Waals surface area (Å²) >= 11 is 0. The summed E-state index contributed by atoms with van der Waals surface area (Å²) in [4.78, 5) is 10.6. The Kier molecular flexibility index (Phi) is 4.28. The Hall–Kier alpha value is -1.06. The van der Waals surface area contributed by atoms with Crippen LogP contribution in [0.25, 0.3) is 0 Å². The van der Waals surface area contributed by atoms with Gasteiger partial charge in [-0.3, -0.25) is 4.79 Å². The Bertz CT molecular complexity index is 143. The van der Waals surface area contributed by atoms with Crippen molar-refractivity contribution in [2.75, 3.05) is 14.2 Å². The second-order valence-electron chi connectivity index (χ2n) is 1.82. The molecule has 10 heavy (non-hydrogen) atoms. The van der Waals surface area contributed by atoms with Crippen LogP contribution in [0.1, 0.15) is 13.3 Å². The number of ether oxygens (including phenoxy) is 1. The number of esters is 1. The highest BCUT2D eigenvalue weighted by atomic mass is 16.5. The third kappa shape index (κ3) is 3.88. The molecule has 4 nitrogen and oxygen atoms in total. The van der Waals surface area contributed by atoms with Gasteiger partial charge in [-0.15, -0.1) is 0 Å². The smallest absolute Gasteiger partial charge is 0.311 e. The highest BCUT2D eigenvalue weighted by molar-refractivity contribution is 5.97. The van der Waals surface area contributed by atoms with Crippen LogP contribution >= 0.6 is 0 Å². The van der Waals surface area contributed by atoms with Gasteiger partial charge < -0.3 is 10.2 Å². The zero-order valence-electron chi connectivity index (χ0n) is 6.47. The Balaban J connectivity index is 3.67. The van der Waals surface area contributed by atoms with Gasteiger partial charge in [0.05, 0.1) is 13.5 Å². The van der Waals surface area contributed by atoms with Crippen LogP contribution in [-0.4, -0.2) is 25.8 Å². The summed E-state index contributed by atoms with van der Waals surface area (Å²) in [6, 6.07) is 0. The SMILES string of the molecule is CN/N=C(/C)CC(=O)OC. The van der Waals surface area contributed by atoms with Crippen LogP contribution < -0.4 is 5.43 Å². The van der Waals surface area contributed by atoms with E-state index in [1.165, 1.54) is 7.11 Å². The van der Waals surface area contributed by atoms with Gasteiger partial charge in [0.15, 0.2) is 0 Å². The first kappa shape index (κ1) is 8.94. The molecule has 0 aromatic carbocycles. The highest BCUT2D eigenvalue weighted by Crippen LogP contribution is 1.86. The molecular weight excluding hydrogens is 132 g/mol. The molecule has 0 saturated heterocycles. The van der Waals surface area contributed by atoms with Gasteiger partial charge in [-0.05, 0) is 6.92 Å². The Morgan fingerprint density at radius 1 is 1.70 bits per heavy atom. The van der Waals surface area contributed by atoms with Crippen LogP contribution in [-0.2, 0) is 9.53 Å². The lowest BCUT2D eigenvalue weighted by atomic mass is 10.3. The van der Waals surface area contributed by atoms with Crippen molar-refractivity contribution in [2.24, 2.45) is 5.10 Å². The fourth-order valence-electron chi connectivity index (χ4n) is 0.511. The Morgan fingerprint density at radius 2 is 2.30 bits per heavy atom. The van der Waals surface area contributed by atoms with Gasteiger partial charge in [0, 0.05) is 12.8 Å². The number of hydrogen-bond acceptors (Lipinski definition) is 4. The molecule has 0 saturated carbocycles. The van der Waals surface area contributed by atoms with Gasteiger partial charge in [-0.25, -0.2) is 0 Å². The predicted octanol–water partition coefficient (Wildman–Crippen LogP) is 0.145. The number of carbonyl (C=O) groups excluding carboxylic acids is 1. The Labute approximate surface area is 60.3 Å². The minimum atomic E-state index is -0.267. The molecule has 0 spiro atoms. The average Bonchev–Trinajstić information content (AvgIpc) is 1.88. The maximum Gasteiger partial charge on any atom is 0.311 e. The number of methoxy groups -OCH3 is 1. The zero-order valence-corrected chi connectivity index (χ0v) is 6.47. The monoisotopic (exact) mass is 144 g/mol. The molecule has 58 valence electrons. The summed E-state index contributed by atoms with van der Waals surface area (Å²) in [6.45, 7) is 1.76. The maximum absolute atomic E-state index is 10.6. The molecule has 0 aliphatic heterocycles. The van der Waals surface area contributed by atoms with Gasteiger partial charge in [0.2, 0.25) is 0 Å². The molecule has 0 aliphatic carbocycles. The van der Waals surface area contributed by atoms with Crippen molar-refractivity contribution < 1.29 is 9.53 Å². The lowest BCUT2D eigenvalue weighted by molar-refractivity contribution is -0.139. The second kappa shape index (κ2) is 4.78. The molecule has 0 aromatic heterocycles. The average molecular weight is 144 g/mol. The summed E-state index contributed by atoms with van der Waals surface area (Å²) in [5, 5.41) is 3.78. The first-order chi connectivity index (χ1) is 4.70. The third-order valence-corrected chi connectivity index (χ3v) is 0.931. The lowest BCUT2D eigenvalue weighted by Gasteiger charge is -1.97. The zero-order chi connectivity index (χ0) is 7.98. The third-order valence-electron chi connectivity index (χ3n) is 0.931. The normalized spacial score (nSPS) is 10.9. The summed E-state index contributed by atoms with van der Waals surface area (Å²) in [5.74, 6) is -0.267. The first-order valence-electron chi connectivity index (χ1n) is 2.97. The number of hydrazone groups is 1. The minimum absolute atomic E-state index is 0.247. The van der Waals surface area contributed by atoms with Crippen LogP contribution in [0, 0.1) is 0 Å². The van der Waals surface area contributed by atoms with Crippen molar-refractivity contribution >= 4 is 11.7 Å². The summed E-state index contributed by atoms with van der Waals surface area (Å²) in [7, 11) is 3.04. The van der Waals surface area contributed by atoms with Crippen LogP contribution in [0.5, 0.6) is 0 Å². The first-order valence-corrected chi connectivity index (χ1v) is 2.97. The molecule has 0 bridgehead atoms. The molecule has 0 unspecified atom stereocenters. The van der Waals surface area contributed by atoms with E-state index in [0.29, 0.717) is 5.71 Å². The maximum atomic E-state index is 10.6. The number of nitrogens with zero attached hydrogens (tertiary/aromatic N) is 1. The number of rotatable bonds is 3. The summed E-state index contributed by atoms with van der Waals surface area (Å²) in [5.41, 5.74) is 3.29. The fraction of sp³-hybridized carbons (Fsp3) is 0.667. The van der Waals surface area contributed by atoms with E-state index in [2.05, 4.69) is 15.3 Å².